The fraction of sp³-hybridized carbons (Fsp3) is 0.615. The summed E-state index contributed by atoms with van der Waals surface area (Å²) in [6.07, 6.45) is 1.47. The largest absolute Gasteiger partial charge is 0.383 e. The highest BCUT2D eigenvalue weighted by Crippen LogP contribution is 2.67. The molecule has 0 aromatic carbocycles. The summed E-state index contributed by atoms with van der Waals surface area (Å²) in [6, 6.07) is 1.47. The second-order valence-electron chi connectivity index (χ2n) is 6.38. The number of nitrogen functional groups attached to an aromatic ring is 1. The van der Waals surface area contributed by atoms with E-state index in [1.54, 1.807) is 0 Å². The van der Waals surface area contributed by atoms with E-state index in [0.717, 1.165) is 0 Å². The molecule has 2 rings (SSSR count). The minimum Gasteiger partial charge on any atom is -0.383 e. The predicted molar refractivity (Wildman–Crippen MR) is 82.6 cm³/mol. The van der Waals surface area contributed by atoms with Crippen molar-refractivity contribution in [2.45, 2.75) is 32.6 Å². The van der Waals surface area contributed by atoms with E-state index in [2.05, 4.69) is 53.3 Å². The van der Waals surface area contributed by atoms with Crippen molar-refractivity contribution in [1.29, 1.82) is 0 Å². The normalized spacial score (nSPS) is 20.9. The van der Waals surface area contributed by atoms with Crippen LogP contribution in [-0.2, 0) is 10.0 Å². The standard InChI is InChI=1S/C13H20BrN3O2S/c1-12(2)10(13(12,3)4)7-17-20(18,19)9-5-8(14)6-16-11(9)15/h5-6,10,17H,7H2,1-4H3,(H2,15,16). The molecule has 0 spiro atoms. The maximum Gasteiger partial charge on any atom is 0.244 e. The molecule has 1 saturated carbocycles. The number of nitrogens with one attached hydrogen (secondary N) is 1. The molecule has 0 aliphatic heterocycles. The number of hydrogen-bond acceptors (Lipinski definition) is 4. The number of nitrogens with zero attached hydrogens (tertiary/aromatic N) is 1. The van der Waals surface area contributed by atoms with Crippen LogP contribution in [0.15, 0.2) is 21.6 Å². The van der Waals surface area contributed by atoms with Crippen molar-refractivity contribution >= 4 is 31.8 Å². The number of anilines is 1. The molecule has 1 aliphatic rings. The zero-order valence-electron chi connectivity index (χ0n) is 12.1. The molecule has 3 N–H and O–H groups in total. The van der Waals surface area contributed by atoms with Crippen molar-refractivity contribution in [3.63, 3.8) is 0 Å². The Morgan fingerprint density at radius 3 is 2.40 bits per heavy atom. The molecule has 1 aliphatic carbocycles. The maximum absolute atomic E-state index is 12.3. The van der Waals surface area contributed by atoms with Crippen LogP contribution in [0.2, 0.25) is 0 Å². The number of aromatic nitrogens is 1. The van der Waals surface area contributed by atoms with Gasteiger partial charge in [0.15, 0.2) is 0 Å². The highest BCUT2D eigenvalue weighted by atomic mass is 79.9. The molecule has 0 radical (unpaired) electrons. The van der Waals surface area contributed by atoms with E-state index in [1.165, 1.54) is 12.3 Å². The fourth-order valence-electron chi connectivity index (χ4n) is 2.76. The van der Waals surface area contributed by atoms with Gasteiger partial charge in [-0.15, -0.1) is 0 Å². The van der Waals surface area contributed by atoms with Gasteiger partial charge in [0.1, 0.15) is 10.7 Å². The monoisotopic (exact) mass is 361 g/mol. The Balaban J connectivity index is 2.16. The first kappa shape index (κ1) is 15.7. The van der Waals surface area contributed by atoms with Crippen molar-refractivity contribution < 1.29 is 8.42 Å². The molecule has 0 atom stereocenters. The molecule has 7 heteroatoms. The third kappa shape index (κ3) is 2.46. The number of nitrogens with two attached hydrogens (primary N) is 1. The average Bonchev–Trinajstić information content (AvgIpc) is 2.70. The smallest absolute Gasteiger partial charge is 0.244 e. The van der Waals surface area contributed by atoms with E-state index < -0.39 is 10.0 Å². The first-order valence-electron chi connectivity index (χ1n) is 6.41. The van der Waals surface area contributed by atoms with Crippen LogP contribution < -0.4 is 10.5 Å². The second-order valence-corrected chi connectivity index (χ2v) is 9.04. The lowest BCUT2D eigenvalue weighted by Gasteiger charge is -2.09. The number of pyridine rings is 1. The Labute approximate surface area is 128 Å². The molecule has 1 aromatic heterocycles. The number of rotatable bonds is 4. The summed E-state index contributed by atoms with van der Waals surface area (Å²) in [7, 11) is -3.64. The highest BCUT2D eigenvalue weighted by molar-refractivity contribution is 9.10. The van der Waals surface area contributed by atoms with Crippen molar-refractivity contribution in [1.82, 2.24) is 9.71 Å². The van der Waals surface area contributed by atoms with Crippen molar-refractivity contribution in [3.8, 4) is 0 Å². The SMILES string of the molecule is CC1(C)C(CNS(=O)(=O)c2cc(Br)cnc2N)C1(C)C. The van der Waals surface area contributed by atoms with Crippen LogP contribution in [0.25, 0.3) is 0 Å². The molecule has 0 unspecified atom stereocenters. The summed E-state index contributed by atoms with van der Waals surface area (Å²) >= 11 is 3.21. The van der Waals surface area contributed by atoms with Gasteiger partial charge in [-0.1, -0.05) is 27.7 Å². The van der Waals surface area contributed by atoms with E-state index in [4.69, 9.17) is 5.73 Å². The van der Waals surface area contributed by atoms with Gasteiger partial charge in [0.25, 0.3) is 0 Å². The van der Waals surface area contributed by atoms with Gasteiger partial charge < -0.3 is 5.73 Å². The molecule has 20 heavy (non-hydrogen) atoms. The lowest BCUT2D eigenvalue weighted by molar-refractivity contribution is 0.457. The summed E-state index contributed by atoms with van der Waals surface area (Å²) in [4.78, 5) is 3.87. The van der Waals surface area contributed by atoms with Crippen molar-refractivity contribution in [2.24, 2.45) is 16.7 Å². The molecule has 1 fully saturated rings. The van der Waals surface area contributed by atoms with E-state index in [1.807, 2.05) is 0 Å². The van der Waals surface area contributed by atoms with E-state index >= 15 is 0 Å². The van der Waals surface area contributed by atoms with Crippen LogP contribution in [0.1, 0.15) is 27.7 Å². The molecule has 0 saturated heterocycles. The van der Waals surface area contributed by atoms with Gasteiger partial charge in [-0.05, 0) is 38.7 Å². The first-order chi connectivity index (χ1) is 9.00. The van der Waals surface area contributed by atoms with Gasteiger partial charge in [0.2, 0.25) is 10.0 Å². The third-order valence-corrected chi connectivity index (χ3v) is 6.82. The minimum atomic E-state index is -3.64. The van der Waals surface area contributed by atoms with Gasteiger partial charge in [-0.3, -0.25) is 0 Å². The lowest BCUT2D eigenvalue weighted by Crippen LogP contribution is -2.28. The van der Waals surface area contributed by atoms with Gasteiger partial charge in [-0.25, -0.2) is 18.1 Å². The Hall–Kier alpha value is -0.660. The van der Waals surface area contributed by atoms with Crippen LogP contribution in [0.5, 0.6) is 0 Å². The highest BCUT2D eigenvalue weighted by Gasteiger charge is 2.64. The van der Waals surface area contributed by atoms with E-state index in [9.17, 15) is 8.42 Å². The number of sulfonamides is 1. The molecule has 0 bridgehead atoms. The Bertz CT molecular complexity index is 627. The summed E-state index contributed by atoms with van der Waals surface area (Å²) in [5, 5.41) is 0. The summed E-state index contributed by atoms with van der Waals surface area (Å²) in [6.45, 7) is 9.03. The Morgan fingerprint density at radius 1 is 1.35 bits per heavy atom. The minimum absolute atomic E-state index is 0.00928. The maximum atomic E-state index is 12.3. The first-order valence-corrected chi connectivity index (χ1v) is 8.68. The number of hydrogen-bond donors (Lipinski definition) is 2. The van der Waals surface area contributed by atoms with Crippen LogP contribution >= 0.6 is 15.9 Å². The van der Waals surface area contributed by atoms with Crippen LogP contribution in [0.4, 0.5) is 5.82 Å². The molecule has 112 valence electrons. The van der Waals surface area contributed by atoms with Gasteiger partial charge in [0, 0.05) is 17.2 Å². The van der Waals surface area contributed by atoms with E-state index in [-0.39, 0.29) is 21.5 Å². The topological polar surface area (TPSA) is 85.1 Å². The second kappa shape index (κ2) is 4.68. The molecular formula is C13H20BrN3O2S. The Morgan fingerprint density at radius 2 is 1.90 bits per heavy atom. The molecular weight excluding hydrogens is 342 g/mol. The third-order valence-electron chi connectivity index (χ3n) is 4.94. The quantitative estimate of drug-likeness (QED) is 0.861. The molecule has 1 aromatic rings. The van der Waals surface area contributed by atoms with Crippen LogP contribution in [-0.4, -0.2) is 19.9 Å². The van der Waals surface area contributed by atoms with Crippen molar-refractivity contribution in [2.75, 3.05) is 12.3 Å². The molecule has 0 amide bonds. The summed E-state index contributed by atoms with van der Waals surface area (Å²) in [5.41, 5.74) is 5.92. The summed E-state index contributed by atoms with van der Waals surface area (Å²) < 4.78 is 27.8. The van der Waals surface area contributed by atoms with Gasteiger partial charge in [0.05, 0.1) is 0 Å². The van der Waals surface area contributed by atoms with E-state index in [0.29, 0.717) is 16.9 Å². The lowest BCUT2D eigenvalue weighted by atomic mass is 10.0. The molecule has 5 nitrogen and oxygen atoms in total. The number of halogens is 1. The summed E-state index contributed by atoms with van der Waals surface area (Å²) in [5.74, 6) is 0.320. The zero-order valence-corrected chi connectivity index (χ0v) is 14.5. The predicted octanol–water partition coefficient (Wildman–Crippen LogP) is 2.39. The molecule has 1 heterocycles. The van der Waals surface area contributed by atoms with Crippen LogP contribution in [0.3, 0.4) is 0 Å². The van der Waals surface area contributed by atoms with Crippen molar-refractivity contribution in [3.05, 3.63) is 16.7 Å². The zero-order chi connectivity index (χ0) is 15.3. The van der Waals surface area contributed by atoms with Gasteiger partial charge >= 0.3 is 0 Å². The van der Waals surface area contributed by atoms with Crippen LogP contribution in [0, 0.1) is 16.7 Å². The average molecular weight is 362 g/mol. The van der Waals surface area contributed by atoms with Gasteiger partial charge in [-0.2, -0.15) is 0 Å². The fourth-order valence-corrected chi connectivity index (χ4v) is 4.40. The Kier molecular flexibility index (Phi) is 3.68.